The van der Waals surface area contributed by atoms with Crippen molar-refractivity contribution in [3.63, 3.8) is 0 Å². The molecule has 0 spiro atoms. The molecule has 2 aromatic rings. The topological polar surface area (TPSA) is 62.7 Å². The number of carbonyl (C=O) groups is 1. The van der Waals surface area contributed by atoms with Gasteiger partial charge in [-0.1, -0.05) is 35.0 Å². The van der Waals surface area contributed by atoms with Crippen molar-refractivity contribution in [3.05, 3.63) is 64.2 Å². The number of halogens is 4. The van der Waals surface area contributed by atoms with E-state index in [2.05, 4.69) is 15.8 Å². The second-order valence-electron chi connectivity index (χ2n) is 6.84. The van der Waals surface area contributed by atoms with Gasteiger partial charge in [-0.05, 0) is 56.2 Å². The van der Waals surface area contributed by atoms with Crippen LogP contribution in [0.25, 0.3) is 0 Å². The van der Waals surface area contributed by atoms with Gasteiger partial charge >= 0.3 is 12.2 Å². The van der Waals surface area contributed by atoms with Crippen LogP contribution >= 0.6 is 11.6 Å². The normalized spacial score (nSPS) is 12.5. The Morgan fingerprint density at radius 2 is 1.83 bits per heavy atom. The van der Waals surface area contributed by atoms with E-state index in [0.29, 0.717) is 5.71 Å². The summed E-state index contributed by atoms with van der Waals surface area (Å²) in [4.78, 5) is 17.2. The van der Waals surface area contributed by atoms with Crippen molar-refractivity contribution in [1.82, 2.24) is 5.32 Å². The van der Waals surface area contributed by atoms with Crippen molar-refractivity contribution in [3.8, 4) is 0 Å². The lowest BCUT2D eigenvalue weighted by Crippen LogP contribution is -2.43. The number of anilines is 1. The summed E-state index contributed by atoms with van der Waals surface area (Å²) in [6, 6.07) is 9.87. The number of carbonyl (C=O) groups excluding carboxylic acids is 1. The van der Waals surface area contributed by atoms with E-state index in [1.54, 1.807) is 20.8 Å². The predicted octanol–water partition coefficient (Wildman–Crippen LogP) is 5.79. The fourth-order valence-corrected chi connectivity index (χ4v) is 2.89. The molecule has 0 bridgehead atoms. The third kappa shape index (κ3) is 5.87. The van der Waals surface area contributed by atoms with Crippen molar-refractivity contribution in [2.24, 2.45) is 5.16 Å². The lowest BCUT2D eigenvalue weighted by molar-refractivity contribution is -0.137. The highest BCUT2D eigenvalue weighted by Gasteiger charge is 2.33. The first-order chi connectivity index (χ1) is 13.4. The fraction of sp³-hybridized carbons (Fsp3) is 0.300. The second kappa shape index (κ2) is 8.73. The predicted molar refractivity (Wildman–Crippen MR) is 107 cm³/mol. The zero-order valence-corrected chi connectivity index (χ0v) is 17.1. The van der Waals surface area contributed by atoms with E-state index in [-0.39, 0.29) is 5.69 Å². The summed E-state index contributed by atoms with van der Waals surface area (Å²) >= 11 is 5.60. The maximum absolute atomic E-state index is 13.0. The van der Waals surface area contributed by atoms with Crippen LogP contribution < -0.4 is 10.6 Å². The number of rotatable bonds is 5. The van der Waals surface area contributed by atoms with Gasteiger partial charge in [-0.25, -0.2) is 4.79 Å². The summed E-state index contributed by atoms with van der Waals surface area (Å²) in [6.45, 7) is 5.34. The summed E-state index contributed by atoms with van der Waals surface area (Å²) in [5.74, 6) is 0. The minimum Gasteiger partial charge on any atom is -0.399 e. The first-order valence-electron chi connectivity index (χ1n) is 8.58. The maximum Gasteiger partial charge on any atom is 0.417 e. The molecule has 2 N–H and O–H groups in total. The molecule has 0 atom stereocenters. The van der Waals surface area contributed by atoms with E-state index in [0.717, 1.165) is 23.3 Å². The Balaban J connectivity index is 2.18. The molecule has 0 aromatic heterocycles. The van der Waals surface area contributed by atoms with Crippen LogP contribution in [-0.4, -0.2) is 18.9 Å². The quantitative estimate of drug-likeness (QED) is 0.469. The van der Waals surface area contributed by atoms with E-state index >= 15 is 0 Å². The van der Waals surface area contributed by atoms with Crippen LogP contribution in [0.2, 0.25) is 5.02 Å². The highest BCUT2D eigenvalue weighted by atomic mass is 35.5. The van der Waals surface area contributed by atoms with Crippen LogP contribution in [0.1, 0.15) is 37.5 Å². The van der Waals surface area contributed by atoms with Crippen LogP contribution in [-0.2, 0) is 16.6 Å². The first-order valence-corrected chi connectivity index (χ1v) is 8.96. The van der Waals surface area contributed by atoms with Gasteiger partial charge in [-0.3, -0.25) is 0 Å². The molecule has 2 rings (SSSR count). The van der Waals surface area contributed by atoms with Crippen LogP contribution in [0, 0.1) is 0 Å². The number of alkyl halides is 3. The Bertz CT molecular complexity index is 927. The Hall–Kier alpha value is -2.74. The summed E-state index contributed by atoms with van der Waals surface area (Å²) in [7, 11) is 1.45. The average molecular weight is 428 g/mol. The first kappa shape index (κ1) is 22.5. The summed E-state index contributed by atoms with van der Waals surface area (Å²) in [5, 5.41) is 8.62. The molecular formula is C20H21ClF3N3O2. The van der Waals surface area contributed by atoms with E-state index in [1.165, 1.54) is 13.2 Å². The Morgan fingerprint density at radius 3 is 2.45 bits per heavy atom. The Kier molecular flexibility index (Phi) is 6.79. The molecule has 29 heavy (non-hydrogen) atoms. The van der Waals surface area contributed by atoms with Crippen molar-refractivity contribution in [1.29, 1.82) is 0 Å². The number of oxime groups is 1. The summed E-state index contributed by atoms with van der Waals surface area (Å²) in [6.07, 6.45) is -4.62. The van der Waals surface area contributed by atoms with Gasteiger partial charge < -0.3 is 15.5 Å². The molecule has 0 aliphatic heterocycles. The number of benzene rings is 2. The highest BCUT2D eigenvalue weighted by Crippen LogP contribution is 2.36. The van der Waals surface area contributed by atoms with Crippen LogP contribution in [0.15, 0.2) is 47.6 Å². The number of nitrogens with one attached hydrogen (secondary N) is 2. The molecule has 2 amide bonds. The van der Waals surface area contributed by atoms with Crippen molar-refractivity contribution < 1.29 is 22.8 Å². The third-order valence-corrected chi connectivity index (χ3v) is 4.52. The molecule has 0 aliphatic carbocycles. The molecule has 0 unspecified atom stereocenters. The fourth-order valence-electron chi connectivity index (χ4n) is 2.66. The average Bonchev–Trinajstić information content (AvgIpc) is 2.62. The molecule has 0 saturated carbocycles. The van der Waals surface area contributed by atoms with Gasteiger partial charge in [-0.2, -0.15) is 13.2 Å². The van der Waals surface area contributed by atoms with Gasteiger partial charge in [0, 0.05) is 5.69 Å². The summed E-state index contributed by atoms with van der Waals surface area (Å²) in [5.41, 5.74) is 0.404. The van der Waals surface area contributed by atoms with Crippen molar-refractivity contribution in [2.75, 3.05) is 12.4 Å². The molecule has 0 fully saturated rings. The standard InChI is InChI=1S/C20H21ClF3N3O2/c1-12(27-29-4)13-6-5-7-14(10-13)19(2,3)26-18(28)25-15-8-9-17(21)16(11-15)20(22,23)24/h5-11H,1-4H3,(H2,25,26,28)/b27-12+. The van der Waals surface area contributed by atoms with E-state index in [1.807, 2.05) is 24.3 Å². The molecule has 0 radical (unpaired) electrons. The minimum atomic E-state index is -4.62. The molecule has 5 nitrogen and oxygen atoms in total. The molecule has 0 heterocycles. The van der Waals surface area contributed by atoms with Gasteiger partial charge in [0.05, 0.1) is 21.8 Å². The SMILES string of the molecule is CO/N=C(\C)c1cccc(C(C)(C)NC(=O)Nc2ccc(Cl)c(C(F)(F)F)c2)c1. The largest absolute Gasteiger partial charge is 0.417 e. The van der Waals surface area contributed by atoms with Crippen LogP contribution in [0.5, 0.6) is 0 Å². The van der Waals surface area contributed by atoms with Gasteiger partial charge in [0.15, 0.2) is 0 Å². The monoisotopic (exact) mass is 427 g/mol. The molecular weight excluding hydrogens is 407 g/mol. The molecule has 9 heteroatoms. The van der Waals surface area contributed by atoms with Gasteiger partial charge in [-0.15, -0.1) is 0 Å². The third-order valence-electron chi connectivity index (χ3n) is 4.19. The van der Waals surface area contributed by atoms with Crippen LogP contribution in [0.4, 0.5) is 23.7 Å². The van der Waals surface area contributed by atoms with Crippen molar-refractivity contribution >= 4 is 29.0 Å². The van der Waals surface area contributed by atoms with E-state index in [9.17, 15) is 18.0 Å². The van der Waals surface area contributed by atoms with E-state index < -0.39 is 28.3 Å². The Labute approximate surface area is 171 Å². The van der Waals surface area contributed by atoms with Crippen molar-refractivity contribution in [2.45, 2.75) is 32.5 Å². The number of nitrogens with zero attached hydrogens (tertiary/aromatic N) is 1. The minimum absolute atomic E-state index is 0.0214. The molecule has 0 aliphatic rings. The second-order valence-corrected chi connectivity index (χ2v) is 7.24. The number of urea groups is 1. The lowest BCUT2D eigenvalue weighted by Gasteiger charge is -2.27. The number of hydrogen-bond donors (Lipinski definition) is 2. The highest BCUT2D eigenvalue weighted by molar-refractivity contribution is 6.31. The maximum atomic E-state index is 13.0. The molecule has 0 saturated heterocycles. The van der Waals surface area contributed by atoms with E-state index in [4.69, 9.17) is 16.4 Å². The van der Waals surface area contributed by atoms with Crippen LogP contribution in [0.3, 0.4) is 0 Å². The van der Waals surface area contributed by atoms with Gasteiger partial charge in [0.2, 0.25) is 0 Å². The summed E-state index contributed by atoms with van der Waals surface area (Å²) < 4.78 is 39.0. The molecule has 156 valence electrons. The number of amides is 2. The Morgan fingerprint density at radius 1 is 1.14 bits per heavy atom. The van der Waals surface area contributed by atoms with Gasteiger partial charge in [0.1, 0.15) is 7.11 Å². The zero-order chi connectivity index (χ0) is 21.8. The lowest BCUT2D eigenvalue weighted by atomic mass is 9.92. The smallest absolute Gasteiger partial charge is 0.399 e. The molecule has 2 aromatic carbocycles. The zero-order valence-electron chi connectivity index (χ0n) is 16.3. The van der Waals surface area contributed by atoms with Gasteiger partial charge in [0.25, 0.3) is 0 Å². The number of hydrogen-bond acceptors (Lipinski definition) is 3.